The maximum Gasteiger partial charge on any atom is 0.329 e. The highest BCUT2D eigenvalue weighted by atomic mass is 16.2. The highest BCUT2D eigenvalue weighted by molar-refractivity contribution is 5.94. The molecule has 1 fully saturated rings. The number of benzene rings is 1. The summed E-state index contributed by atoms with van der Waals surface area (Å²) in [4.78, 5) is 47.7. The quantitative estimate of drug-likeness (QED) is 0.597. The van der Waals surface area contributed by atoms with Crippen molar-refractivity contribution in [2.45, 2.75) is 19.4 Å². The van der Waals surface area contributed by atoms with Crippen LogP contribution in [0.15, 0.2) is 52.1 Å². The Kier molecular flexibility index (Phi) is 6.36. The van der Waals surface area contributed by atoms with Gasteiger partial charge in [-0.25, -0.2) is 9.78 Å². The second kappa shape index (κ2) is 9.35. The summed E-state index contributed by atoms with van der Waals surface area (Å²) in [5.74, 6) is -0.318. The molecule has 168 valence electrons. The minimum absolute atomic E-state index is 0.0323. The number of aromatic amines is 1. The Bertz CT molecular complexity index is 1210. The lowest BCUT2D eigenvalue weighted by Crippen LogP contribution is -2.47. The molecule has 1 aliphatic rings. The van der Waals surface area contributed by atoms with Gasteiger partial charge in [-0.1, -0.05) is 18.2 Å². The fraction of sp³-hybridized carbons (Fsp3) is 0.391. The number of nitrogens with zero attached hydrogens (tertiary/aromatic N) is 4. The van der Waals surface area contributed by atoms with Crippen molar-refractivity contribution in [3.05, 3.63) is 69.0 Å². The van der Waals surface area contributed by atoms with Crippen LogP contribution in [0.2, 0.25) is 0 Å². The van der Waals surface area contributed by atoms with E-state index in [0.717, 1.165) is 39.1 Å². The largest absolute Gasteiger partial charge is 0.369 e. The number of H-pyrrole nitrogens is 1. The molecule has 0 saturated carbocycles. The van der Waals surface area contributed by atoms with E-state index in [-0.39, 0.29) is 28.7 Å². The van der Waals surface area contributed by atoms with Crippen molar-refractivity contribution in [2.24, 2.45) is 7.05 Å². The first-order chi connectivity index (χ1) is 15.4. The lowest BCUT2D eigenvalue weighted by Gasteiger charge is -2.36. The Morgan fingerprint density at radius 1 is 1.09 bits per heavy atom. The van der Waals surface area contributed by atoms with Gasteiger partial charge in [0.2, 0.25) is 0 Å². The molecule has 1 aromatic carbocycles. The molecule has 0 bridgehead atoms. The number of anilines is 1. The predicted octanol–water partition coefficient (Wildman–Crippen LogP) is 0.952. The third-order valence-electron chi connectivity index (χ3n) is 5.94. The summed E-state index contributed by atoms with van der Waals surface area (Å²) >= 11 is 0. The molecule has 32 heavy (non-hydrogen) atoms. The number of pyridine rings is 1. The standard InChI is InChI=1S/C23H28N6O3/c1-16(10-11-28-12-14-29(15-13-28)17-6-4-3-5-7-17)24-22(31)19-9-8-18-20(25-19)27(2)23(32)26-21(18)30/h3-9,16H,10-15H2,1-2H3,(H,24,31)(H,26,30,32)/t16-/m1/s1. The molecule has 2 N–H and O–H groups in total. The smallest absolute Gasteiger partial charge is 0.329 e. The van der Waals surface area contributed by atoms with Gasteiger partial charge in [0.05, 0.1) is 5.39 Å². The molecule has 1 saturated heterocycles. The van der Waals surface area contributed by atoms with E-state index in [1.54, 1.807) is 0 Å². The fourth-order valence-electron chi connectivity index (χ4n) is 3.97. The van der Waals surface area contributed by atoms with E-state index < -0.39 is 11.2 Å². The number of para-hydroxylation sites is 1. The third-order valence-corrected chi connectivity index (χ3v) is 5.94. The van der Waals surface area contributed by atoms with E-state index in [4.69, 9.17) is 0 Å². The molecule has 1 atom stereocenters. The molecule has 3 heterocycles. The monoisotopic (exact) mass is 436 g/mol. The number of carbonyl (C=O) groups is 1. The van der Waals surface area contributed by atoms with Gasteiger partial charge >= 0.3 is 5.69 Å². The second-order valence-corrected chi connectivity index (χ2v) is 8.21. The SMILES string of the molecule is C[C@H](CCN1CCN(c2ccccc2)CC1)NC(=O)c1ccc2c(=O)[nH]c(=O)n(C)c2n1. The Morgan fingerprint density at radius 3 is 2.53 bits per heavy atom. The Labute approximate surface area is 185 Å². The van der Waals surface area contributed by atoms with E-state index in [0.29, 0.717) is 0 Å². The molecule has 0 unspecified atom stereocenters. The van der Waals surface area contributed by atoms with Crippen molar-refractivity contribution < 1.29 is 4.79 Å². The Balaban J connectivity index is 1.30. The normalized spacial score (nSPS) is 15.6. The first-order valence-corrected chi connectivity index (χ1v) is 10.9. The summed E-state index contributed by atoms with van der Waals surface area (Å²) in [5.41, 5.74) is 0.559. The average Bonchev–Trinajstić information content (AvgIpc) is 2.82. The number of nitrogens with one attached hydrogen (secondary N) is 2. The average molecular weight is 437 g/mol. The van der Waals surface area contributed by atoms with Gasteiger partial charge in [-0.05, 0) is 37.6 Å². The highest BCUT2D eigenvalue weighted by Gasteiger charge is 2.19. The summed E-state index contributed by atoms with van der Waals surface area (Å²) in [5, 5.41) is 3.24. The lowest BCUT2D eigenvalue weighted by molar-refractivity contribution is 0.0930. The Morgan fingerprint density at radius 2 is 1.81 bits per heavy atom. The molecular weight excluding hydrogens is 408 g/mol. The zero-order valence-electron chi connectivity index (χ0n) is 18.4. The number of aryl methyl sites for hydroxylation is 1. The van der Waals surface area contributed by atoms with Crippen LogP contribution < -0.4 is 21.5 Å². The molecule has 4 rings (SSSR count). The zero-order chi connectivity index (χ0) is 22.7. The van der Waals surface area contributed by atoms with Crippen LogP contribution in [-0.4, -0.2) is 64.1 Å². The molecule has 1 aliphatic heterocycles. The van der Waals surface area contributed by atoms with Crippen molar-refractivity contribution >= 4 is 22.6 Å². The first-order valence-electron chi connectivity index (χ1n) is 10.9. The number of aromatic nitrogens is 3. The summed E-state index contributed by atoms with van der Waals surface area (Å²) in [7, 11) is 1.51. The van der Waals surface area contributed by atoms with E-state index in [9.17, 15) is 14.4 Å². The zero-order valence-corrected chi connectivity index (χ0v) is 18.4. The topological polar surface area (TPSA) is 103 Å². The van der Waals surface area contributed by atoms with Gasteiger partial charge in [-0.3, -0.25) is 24.0 Å². The van der Waals surface area contributed by atoms with Gasteiger partial charge in [0.25, 0.3) is 11.5 Å². The van der Waals surface area contributed by atoms with Crippen LogP contribution in [0.1, 0.15) is 23.8 Å². The van der Waals surface area contributed by atoms with Crippen molar-refractivity contribution in [2.75, 3.05) is 37.6 Å². The summed E-state index contributed by atoms with van der Waals surface area (Å²) in [6.07, 6.45) is 0.822. The van der Waals surface area contributed by atoms with Crippen LogP contribution in [0.3, 0.4) is 0 Å². The van der Waals surface area contributed by atoms with Crippen LogP contribution >= 0.6 is 0 Å². The van der Waals surface area contributed by atoms with E-state index in [2.05, 4.69) is 49.4 Å². The van der Waals surface area contributed by atoms with Gasteiger partial charge < -0.3 is 10.2 Å². The van der Waals surface area contributed by atoms with Gasteiger partial charge in [0, 0.05) is 51.5 Å². The molecule has 9 heteroatoms. The number of amides is 1. The van der Waals surface area contributed by atoms with Gasteiger partial charge in [0.1, 0.15) is 11.3 Å². The van der Waals surface area contributed by atoms with Crippen molar-refractivity contribution in [1.82, 2.24) is 24.8 Å². The molecule has 3 aromatic rings. The summed E-state index contributed by atoms with van der Waals surface area (Å²) < 4.78 is 1.23. The molecule has 0 spiro atoms. The number of fused-ring (bicyclic) bond motifs is 1. The highest BCUT2D eigenvalue weighted by Crippen LogP contribution is 2.15. The summed E-state index contributed by atoms with van der Waals surface area (Å²) in [6, 6.07) is 13.4. The van der Waals surface area contributed by atoms with Crippen molar-refractivity contribution in [1.29, 1.82) is 0 Å². The molecule has 1 amide bonds. The molecule has 9 nitrogen and oxygen atoms in total. The van der Waals surface area contributed by atoms with E-state index >= 15 is 0 Å². The lowest BCUT2D eigenvalue weighted by atomic mass is 10.2. The number of piperazine rings is 1. The van der Waals surface area contributed by atoms with Crippen LogP contribution in [-0.2, 0) is 7.05 Å². The maximum absolute atomic E-state index is 12.7. The van der Waals surface area contributed by atoms with Crippen molar-refractivity contribution in [3.63, 3.8) is 0 Å². The number of hydrogen-bond donors (Lipinski definition) is 2. The van der Waals surface area contributed by atoms with Crippen LogP contribution in [0.4, 0.5) is 5.69 Å². The minimum Gasteiger partial charge on any atom is -0.369 e. The number of hydrogen-bond acceptors (Lipinski definition) is 6. The van der Waals surface area contributed by atoms with Crippen LogP contribution in [0, 0.1) is 0 Å². The molecule has 2 aromatic heterocycles. The maximum atomic E-state index is 12.7. The molecule has 0 aliphatic carbocycles. The van der Waals surface area contributed by atoms with Crippen molar-refractivity contribution in [3.8, 4) is 0 Å². The molecular formula is C23H28N6O3. The fourth-order valence-corrected chi connectivity index (χ4v) is 3.97. The number of rotatable bonds is 6. The first kappa shape index (κ1) is 21.8. The molecule has 0 radical (unpaired) electrons. The third kappa shape index (κ3) is 4.72. The van der Waals surface area contributed by atoms with E-state index in [1.165, 1.54) is 29.4 Å². The van der Waals surface area contributed by atoms with E-state index in [1.807, 2.05) is 13.0 Å². The summed E-state index contributed by atoms with van der Waals surface area (Å²) in [6.45, 7) is 6.83. The van der Waals surface area contributed by atoms with Crippen LogP contribution in [0.5, 0.6) is 0 Å². The number of carbonyl (C=O) groups excluding carboxylic acids is 1. The Hall–Kier alpha value is -3.46. The van der Waals surface area contributed by atoms with Gasteiger partial charge in [-0.15, -0.1) is 0 Å². The van der Waals surface area contributed by atoms with Gasteiger partial charge in [-0.2, -0.15) is 0 Å². The minimum atomic E-state index is -0.562. The van der Waals surface area contributed by atoms with Gasteiger partial charge in [0.15, 0.2) is 0 Å². The van der Waals surface area contributed by atoms with Crippen LogP contribution in [0.25, 0.3) is 11.0 Å². The predicted molar refractivity (Wildman–Crippen MR) is 124 cm³/mol. The second-order valence-electron chi connectivity index (χ2n) is 8.21.